The molecule has 2 heteroatoms. The molecule has 2 nitrogen and oxygen atoms in total. The zero-order valence-electron chi connectivity index (χ0n) is 31.7. The van der Waals surface area contributed by atoms with Crippen LogP contribution in [0.1, 0.15) is 0 Å². The number of rotatable bonds is 7. The molecule has 58 heavy (non-hydrogen) atoms. The minimum absolute atomic E-state index is 0.895. The third-order valence-electron chi connectivity index (χ3n) is 11.4. The lowest BCUT2D eigenvalue weighted by atomic mass is 9.91. The maximum absolute atomic E-state index is 6.56. The second-order valence-corrected chi connectivity index (χ2v) is 14.9. The Hall–Kier alpha value is -7.68. The molecule has 0 saturated heterocycles. The summed E-state index contributed by atoms with van der Waals surface area (Å²) in [5.41, 5.74) is 14.6. The van der Waals surface area contributed by atoms with Crippen molar-refractivity contribution in [1.82, 2.24) is 0 Å². The predicted molar refractivity (Wildman–Crippen MR) is 245 cm³/mol. The number of fused-ring (bicyclic) bond motifs is 6. The van der Waals surface area contributed by atoms with Crippen molar-refractivity contribution in [2.45, 2.75) is 0 Å². The second-order valence-electron chi connectivity index (χ2n) is 14.9. The summed E-state index contributed by atoms with van der Waals surface area (Å²) in [7, 11) is 0. The van der Waals surface area contributed by atoms with Gasteiger partial charge in [-0.3, -0.25) is 0 Å². The third-order valence-corrected chi connectivity index (χ3v) is 11.4. The van der Waals surface area contributed by atoms with Gasteiger partial charge in [0.25, 0.3) is 0 Å². The number of benzene rings is 10. The molecule has 0 spiro atoms. The van der Waals surface area contributed by atoms with Gasteiger partial charge in [0, 0.05) is 27.8 Å². The van der Waals surface area contributed by atoms with Gasteiger partial charge in [-0.1, -0.05) is 158 Å². The van der Waals surface area contributed by atoms with Gasteiger partial charge in [-0.2, -0.15) is 0 Å². The quantitative estimate of drug-likeness (QED) is 0.162. The van der Waals surface area contributed by atoms with E-state index >= 15 is 0 Å². The molecule has 1 aromatic heterocycles. The Labute approximate surface area is 337 Å². The van der Waals surface area contributed by atoms with Crippen LogP contribution in [0.5, 0.6) is 0 Å². The molecule has 0 saturated carbocycles. The maximum atomic E-state index is 6.56. The highest BCUT2D eigenvalue weighted by Gasteiger charge is 2.18. The molecule has 272 valence electrons. The van der Waals surface area contributed by atoms with E-state index < -0.39 is 0 Å². The Morgan fingerprint density at radius 2 is 0.810 bits per heavy atom. The zero-order valence-corrected chi connectivity index (χ0v) is 31.7. The van der Waals surface area contributed by atoms with Crippen LogP contribution >= 0.6 is 0 Å². The van der Waals surface area contributed by atoms with Crippen molar-refractivity contribution >= 4 is 60.5 Å². The van der Waals surface area contributed by atoms with E-state index in [1.807, 2.05) is 6.07 Å². The summed E-state index contributed by atoms with van der Waals surface area (Å²) in [5, 5.41) is 7.08. The highest BCUT2D eigenvalue weighted by molar-refractivity contribution is 6.22. The average molecular weight is 740 g/mol. The van der Waals surface area contributed by atoms with Crippen molar-refractivity contribution in [2.75, 3.05) is 4.90 Å². The van der Waals surface area contributed by atoms with E-state index in [1.54, 1.807) is 0 Å². The standard InChI is InChI=1S/C56H37NO/c1-4-13-38(14-5-1)41-17-12-18-46(34-41)52-37-55-56(51-21-10-11-22-54(51)58-55)53-36-45(28-32-50(52)53)40-25-29-48(30-26-40)57(47-19-8-3-9-20-47)49-31-27-43-33-42(23-24-44(43)35-49)39-15-6-2-7-16-39/h1-37H. The summed E-state index contributed by atoms with van der Waals surface area (Å²) in [6, 6.07) is 80.6. The van der Waals surface area contributed by atoms with Gasteiger partial charge in [-0.05, 0) is 133 Å². The predicted octanol–water partition coefficient (Wildman–Crippen LogP) is 16.0. The van der Waals surface area contributed by atoms with E-state index in [2.05, 4.69) is 223 Å². The van der Waals surface area contributed by atoms with Crippen LogP contribution in [0.15, 0.2) is 229 Å². The Balaban J connectivity index is 1.00. The van der Waals surface area contributed by atoms with Gasteiger partial charge in [0.15, 0.2) is 0 Å². The molecule has 0 fully saturated rings. The first-order valence-corrected chi connectivity index (χ1v) is 19.8. The van der Waals surface area contributed by atoms with E-state index in [0.29, 0.717) is 0 Å². The summed E-state index contributed by atoms with van der Waals surface area (Å²) < 4.78 is 6.56. The summed E-state index contributed by atoms with van der Waals surface area (Å²) in [5.74, 6) is 0. The first kappa shape index (κ1) is 33.6. The molecule has 0 unspecified atom stereocenters. The fraction of sp³-hybridized carbons (Fsp3) is 0. The van der Waals surface area contributed by atoms with E-state index in [-0.39, 0.29) is 0 Å². The number of anilines is 3. The SMILES string of the molecule is c1ccc(-c2cccc(-c3cc4oc5ccccc5c4c4cc(-c5ccc(N(c6ccccc6)c6ccc7cc(-c8ccccc8)ccc7c6)cc5)ccc34)c2)cc1. The average Bonchev–Trinajstić information content (AvgIpc) is 3.69. The fourth-order valence-electron chi connectivity index (χ4n) is 8.56. The molecule has 0 aliphatic carbocycles. The molecule has 11 aromatic rings. The number of hydrogen-bond donors (Lipinski definition) is 0. The first-order valence-electron chi connectivity index (χ1n) is 19.8. The van der Waals surface area contributed by atoms with Gasteiger partial charge in [0.05, 0.1) is 0 Å². The minimum atomic E-state index is 0.895. The largest absolute Gasteiger partial charge is 0.456 e. The molecular formula is C56H37NO. The number of furan rings is 1. The fourth-order valence-corrected chi connectivity index (χ4v) is 8.56. The Kier molecular flexibility index (Phi) is 8.19. The monoisotopic (exact) mass is 739 g/mol. The molecular weight excluding hydrogens is 703 g/mol. The van der Waals surface area contributed by atoms with Gasteiger partial charge in [0.1, 0.15) is 11.2 Å². The molecule has 11 rings (SSSR count). The molecule has 0 bridgehead atoms. The molecule has 0 aliphatic rings. The summed E-state index contributed by atoms with van der Waals surface area (Å²) in [6.45, 7) is 0. The molecule has 0 N–H and O–H groups in total. The highest BCUT2D eigenvalue weighted by Crippen LogP contribution is 2.43. The van der Waals surface area contributed by atoms with Crippen LogP contribution in [-0.2, 0) is 0 Å². The number of hydrogen-bond acceptors (Lipinski definition) is 2. The van der Waals surface area contributed by atoms with Crippen LogP contribution in [0.2, 0.25) is 0 Å². The summed E-state index contributed by atoms with van der Waals surface area (Å²) >= 11 is 0. The molecule has 0 radical (unpaired) electrons. The zero-order chi connectivity index (χ0) is 38.4. The van der Waals surface area contributed by atoms with Gasteiger partial charge in [-0.25, -0.2) is 0 Å². The smallest absolute Gasteiger partial charge is 0.136 e. The van der Waals surface area contributed by atoms with Gasteiger partial charge >= 0.3 is 0 Å². The van der Waals surface area contributed by atoms with Crippen LogP contribution in [0.25, 0.3) is 88.0 Å². The van der Waals surface area contributed by atoms with E-state index in [1.165, 1.54) is 43.8 Å². The lowest BCUT2D eigenvalue weighted by Gasteiger charge is -2.26. The first-order chi connectivity index (χ1) is 28.7. The van der Waals surface area contributed by atoms with Crippen molar-refractivity contribution < 1.29 is 4.42 Å². The van der Waals surface area contributed by atoms with Crippen LogP contribution in [0.4, 0.5) is 17.1 Å². The lowest BCUT2D eigenvalue weighted by Crippen LogP contribution is -2.09. The van der Waals surface area contributed by atoms with E-state index in [9.17, 15) is 0 Å². The highest BCUT2D eigenvalue weighted by atomic mass is 16.3. The van der Waals surface area contributed by atoms with Crippen molar-refractivity contribution in [2.24, 2.45) is 0 Å². The van der Waals surface area contributed by atoms with Crippen molar-refractivity contribution in [3.8, 4) is 44.5 Å². The number of nitrogens with zero attached hydrogens (tertiary/aromatic N) is 1. The van der Waals surface area contributed by atoms with Gasteiger partial charge in [0.2, 0.25) is 0 Å². The van der Waals surface area contributed by atoms with Gasteiger partial charge < -0.3 is 9.32 Å². The second kappa shape index (κ2) is 14.1. The van der Waals surface area contributed by atoms with Gasteiger partial charge in [-0.15, -0.1) is 0 Å². The van der Waals surface area contributed by atoms with Crippen molar-refractivity contribution in [1.29, 1.82) is 0 Å². The molecule has 0 amide bonds. The summed E-state index contributed by atoms with van der Waals surface area (Å²) in [4.78, 5) is 2.34. The summed E-state index contributed by atoms with van der Waals surface area (Å²) in [6.07, 6.45) is 0. The van der Waals surface area contributed by atoms with E-state index in [0.717, 1.165) is 61.3 Å². The Morgan fingerprint density at radius 1 is 0.276 bits per heavy atom. The maximum Gasteiger partial charge on any atom is 0.136 e. The Bertz CT molecular complexity index is 3260. The third kappa shape index (κ3) is 6.00. The van der Waals surface area contributed by atoms with Crippen molar-refractivity contribution in [3.05, 3.63) is 224 Å². The van der Waals surface area contributed by atoms with Crippen LogP contribution in [0, 0.1) is 0 Å². The number of para-hydroxylation sites is 2. The van der Waals surface area contributed by atoms with Crippen LogP contribution < -0.4 is 4.90 Å². The molecule has 0 atom stereocenters. The molecule has 0 aliphatic heterocycles. The topological polar surface area (TPSA) is 16.4 Å². The lowest BCUT2D eigenvalue weighted by molar-refractivity contribution is 0.669. The van der Waals surface area contributed by atoms with Crippen molar-refractivity contribution in [3.63, 3.8) is 0 Å². The molecule has 10 aromatic carbocycles. The Morgan fingerprint density at radius 3 is 1.59 bits per heavy atom. The van der Waals surface area contributed by atoms with Crippen LogP contribution in [0.3, 0.4) is 0 Å². The minimum Gasteiger partial charge on any atom is -0.456 e. The molecule has 1 heterocycles. The van der Waals surface area contributed by atoms with Crippen LogP contribution in [-0.4, -0.2) is 0 Å². The van der Waals surface area contributed by atoms with E-state index in [4.69, 9.17) is 4.42 Å². The normalized spacial score (nSPS) is 11.4.